The highest BCUT2D eigenvalue weighted by atomic mass is 35.5. The van der Waals surface area contributed by atoms with Crippen LogP contribution in [0, 0.1) is 13.8 Å². The van der Waals surface area contributed by atoms with Gasteiger partial charge in [-0.3, -0.25) is 9.97 Å². The summed E-state index contributed by atoms with van der Waals surface area (Å²) in [6, 6.07) is 7.45. The van der Waals surface area contributed by atoms with Crippen LogP contribution < -0.4 is 4.74 Å². The van der Waals surface area contributed by atoms with Crippen LogP contribution in [0.2, 0.25) is 15.7 Å². The van der Waals surface area contributed by atoms with E-state index in [0.29, 0.717) is 23.6 Å². The fourth-order valence-corrected chi connectivity index (χ4v) is 4.49. The Morgan fingerprint density at radius 3 is 1.68 bits per heavy atom. The monoisotopic (exact) mass is 606 g/mol. The summed E-state index contributed by atoms with van der Waals surface area (Å²) >= 11 is 17.4. The number of aliphatic hydroxyl groups excluding tert-OH is 1. The quantitative estimate of drug-likeness (QED) is 0.174. The third-order valence-electron chi connectivity index (χ3n) is 5.29. The molecular formula is C29H37Cl3N6O2. The lowest BCUT2D eigenvalue weighted by Crippen LogP contribution is -2.06. The third kappa shape index (κ3) is 11.3. The molecule has 40 heavy (non-hydrogen) atoms. The molecule has 11 heteroatoms. The topological polar surface area (TPSA) is 107 Å². The Hall–Kier alpha value is -2.91. The van der Waals surface area contributed by atoms with Gasteiger partial charge in [-0.05, 0) is 66.6 Å². The van der Waals surface area contributed by atoms with Crippen LogP contribution in [0.4, 0.5) is 0 Å². The molecule has 0 saturated heterocycles. The molecule has 0 aromatic carbocycles. The Kier molecular flexibility index (Phi) is 15.5. The molecule has 4 heterocycles. The van der Waals surface area contributed by atoms with Gasteiger partial charge >= 0.3 is 0 Å². The lowest BCUT2D eigenvalue weighted by molar-refractivity contribution is 0.281. The van der Waals surface area contributed by atoms with Crippen molar-refractivity contribution in [2.45, 2.75) is 74.0 Å². The van der Waals surface area contributed by atoms with E-state index in [1.165, 1.54) is 0 Å². The van der Waals surface area contributed by atoms with Crippen LogP contribution >= 0.6 is 34.8 Å². The van der Waals surface area contributed by atoms with Crippen LogP contribution in [0.25, 0.3) is 0 Å². The van der Waals surface area contributed by atoms with Gasteiger partial charge in [0.1, 0.15) is 11.8 Å². The van der Waals surface area contributed by atoms with Crippen LogP contribution in [-0.4, -0.2) is 35.0 Å². The first-order valence-electron chi connectivity index (χ1n) is 12.3. The standard InChI is InChI=1S/C14H16ClN3O.C8H10Cl2N2.C6H7NO.CH4/c1-9(2)12-10(3)17-14(15)18-13(12)19-8-11-5-4-6-16-7-11;1-4(2)6-5(3)11-8(10)12-7(6)9;8-5-6-2-1-3-7-4-6;/h4-7,9H,8H2,1-3H3;4H,1-3H3;1-4,8H,5H2;1H4. The van der Waals surface area contributed by atoms with E-state index in [-0.39, 0.29) is 30.5 Å². The Bertz CT molecular complexity index is 1290. The number of hydrogen-bond acceptors (Lipinski definition) is 8. The molecule has 4 aromatic rings. The zero-order valence-corrected chi connectivity index (χ0v) is 25.1. The van der Waals surface area contributed by atoms with Crippen molar-refractivity contribution in [1.29, 1.82) is 0 Å². The van der Waals surface area contributed by atoms with Gasteiger partial charge in [0.2, 0.25) is 16.4 Å². The number of halogens is 3. The molecule has 0 atom stereocenters. The van der Waals surface area contributed by atoms with Gasteiger partial charge in [-0.25, -0.2) is 15.0 Å². The molecule has 216 valence electrons. The minimum absolute atomic E-state index is 0. The van der Waals surface area contributed by atoms with Gasteiger partial charge in [0.15, 0.2) is 0 Å². The fraction of sp³-hybridized carbons (Fsp3) is 0.379. The van der Waals surface area contributed by atoms with E-state index in [9.17, 15) is 0 Å². The molecule has 1 N–H and O–H groups in total. The van der Waals surface area contributed by atoms with Crippen LogP contribution in [0.3, 0.4) is 0 Å². The van der Waals surface area contributed by atoms with Crippen LogP contribution in [0.15, 0.2) is 49.1 Å². The normalized spacial score (nSPS) is 10.2. The largest absolute Gasteiger partial charge is 0.472 e. The molecule has 0 aliphatic carbocycles. The lowest BCUT2D eigenvalue weighted by Gasteiger charge is -2.15. The van der Waals surface area contributed by atoms with Crippen molar-refractivity contribution in [2.75, 3.05) is 0 Å². The van der Waals surface area contributed by atoms with E-state index in [0.717, 1.165) is 33.6 Å². The molecule has 8 nitrogen and oxygen atoms in total. The number of hydrogen-bond donors (Lipinski definition) is 1. The van der Waals surface area contributed by atoms with Gasteiger partial charge in [0.25, 0.3) is 0 Å². The summed E-state index contributed by atoms with van der Waals surface area (Å²) in [5.41, 5.74) is 5.53. The lowest BCUT2D eigenvalue weighted by atomic mass is 10.0. The zero-order valence-electron chi connectivity index (χ0n) is 22.9. The molecule has 0 aliphatic heterocycles. The number of rotatable bonds is 6. The van der Waals surface area contributed by atoms with Crippen molar-refractivity contribution >= 4 is 34.8 Å². The third-order valence-corrected chi connectivity index (χ3v) is 5.92. The van der Waals surface area contributed by atoms with Crippen molar-refractivity contribution in [1.82, 2.24) is 29.9 Å². The van der Waals surface area contributed by atoms with Gasteiger partial charge in [0.05, 0.1) is 6.61 Å². The van der Waals surface area contributed by atoms with Crippen molar-refractivity contribution in [3.8, 4) is 5.88 Å². The summed E-state index contributed by atoms with van der Waals surface area (Å²) in [4.78, 5) is 24.1. The summed E-state index contributed by atoms with van der Waals surface area (Å²) in [5, 5.41) is 9.38. The predicted molar refractivity (Wildman–Crippen MR) is 162 cm³/mol. The molecule has 0 aliphatic rings. The van der Waals surface area contributed by atoms with E-state index in [2.05, 4.69) is 43.8 Å². The van der Waals surface area contributed by atoms with Gasteiger partial charge in [-0.1, -0.05) is 58.9 Å². The van der Waals surface area contributed by atoms with Crippen LogP contribution in [0.5, 0.6) is 5.88 Å². The van der Waals surface area contributed by atoms with E-state index < -0.39 is 0 Å². The number of aliphatic hydroxyl groups is 1. The van der Waals surface area contributed by atoms with Crippen molar-refractivity contribution in [3.63, 3.8) is 0 Å². The molecule has 0 amide bonds. The SMILES string of the molecule is C.Cc1nc(Cl)nc(Cl)c1C(C)C.Cc1nc(Cl)nc(OCc2cccnc2)c1C(C)C.OCc1cccnc1. The smallest absolute Gasteiger partial charge is 0.225 e. The van der Waals surface area contributed by atoms with Gasteiger partial charge in [0, 0.05) is 52.9 Å². The van der Waals surface area contributed by atoms with Gasteiger partial charge < -0.3 is 9.84 Å². The first-order chi connectivity index (χ1) is 18.5. The molecule has 4 rings (SSSR count). The van der Waals surface area contributed by atoms with E-state index in [1.807, 2.05) is 45.9 Å². The second kappa shape index (κ2) is 17.7. The van der Waals surface area contributed by atoms with E-state index in [1.54, 1.807) is 30.9 Å². The molecule has 0 spiro atoms. The molecule has 0 radical (unpaired) electrons. The van der Waals surface area contributed by atoms with Crippen molar-refractivity contribution in [2.24, 2.45) is 0 Å². The second-order valence-corrected chi connectivity index (χ2v) is 10.1. The van der Waals surface area contributed by atoms with Crippen LogP contribution in [-0.2, 0) is 13.2 Å². The van der Waals surface area contributed by atoms with Gasteiger partial charge in [-0.2, -0.15) is 4.98 Å². The number of aryl methyl sites for hydroxylation is 2. The summed E-state index contributed by atoms with van der Waals surface area (Å²) in [6.07, 6.45) is 6.82. The fourth-order valence-electron chi connectivity index (χ4n) is 3.59. The maximum Gasteiger partial charge on any atom is 0.225 e. The number of nitrogens with zero attached hydrogens (tertiary/aromatic N) is 6. The average Bonchev–Trinajstić information content (AvgIpc) is 2.88. The van der Waals surface area contributed by atoms with Crippen LogP contribution in [0.1, 0.15) is 80.6 Å². The molecule has 0 unspecified atom stereocenters. The summed E-state index contributed by atoms with van der Waals surface area (Å²) < 4.78 is 5.77. The summed E-state index contributed by atoms with van der Waals surface area (Å²) in [7, 11) is 0. The Morgan fingerprint density at radius 1 is 0.750 bits per heavy atom. The Balaban J connectivity index is 0.000000326. The number of ether oxygens (including phenoxy) is 1. The molecular weight excluding hydrogens is 571 g/mol. The maximum atomic E-state index is 8.50. The molecule has 0 saturated carbocycles. The minimum atomic E-state index is 0. The first-order valence-corrected chi connectivity index (χ1v) is 13.4. The second-order valence-electron chi connectivity index (χ2n) is 9.06. The van der Waals surface area contributed by atoms with Crippen molar-refractivity contribution < 1.29 is 9.84 Å². The van der Waals surface area contributed by atoms with Crippen molar-refractivity contribution in [3.05, 3.63) is 98.4 Å². The van der Waals surface area contributed by atoms with Gasteiger partial charge in [-0.15, -0.1) is 0 Å². The highest BCUT2D eigenvalue weighted by molar-refractivity contribution is 6.32. The summed E-state index contributed by atoms with van der Waals surface area (Å²) in [5.74, 6) is 1.16. The highest BCUT2D eigenvalue weighted by Crippen LogP contribution is 2.29. The Morgan fingerprint density at radius 2 is 1.25 bits per heavy atom. The Labute approximate surface area is 252 Å². The first kappa shape index (κ1) is 35.1. The number of pyridine rings is 2. The maximum absolute atomic E-state index is 8.50. The highest BCUT2D eigenvalue weighted by Gasteiger charge is 2.16. The van der Waals surface area contributed by atoms with E-state index >= 15 is 0 Å². The predicted octanol–water partition coefficient (Wildman–Crippen LogP) is 7.96. The molecule has 0 fully saturated rings. The minimum Gasteiger partial charge on any atom is -0.472 e. The number of aromatic nitrogens is 6. The zero-order chi connectivity index (χ0) is 28.9. The molecule has 4 aromatic heterocycles. The molecule has 0 bridgehead atoms. The average molecular weight is 608 g/mol. The van der Waals surface area contributed by atoms with E-state index in [4.69, 9.17) is 44.6 Å². The summed E-state index contributed by atoms with van der Waals surface area (Å²) in [6.45, 7) is 12.5.